The number of amides is 1. The van der Waals surface area contributed by atoms with Gasteiger partial charge in [-0.1, -0.05) is 25.2 Å². The molecule has 2 fully saturated rings. The van der Waals surface area contributed by atoms with Gasteiger partial charge in [0.2, 0.25) is 0 Å². The van der Waals surface area contributed by atoms with Crippen LogP contribution in [-0.4, -0.2) is 18.6 Å². The average Bonchev–Trinajstić information content (AvgIpc) is 2.59. The molecule has 3 atom stereocenters. The predicted octanol–water partition coefficient (Wildman–Crippen LogP) is 3.30. The van der Waals surface area contributed by atoms with Crippen molar-refractivity contribution in [3.8, 4) is 11.8 Å². The van der Waals surface area contributed by atoms with E-state index in [1.54, 1.807) is 0 Å². The topological polar surface area (TPSA) is 41.1 Å². The zero-order valence-corrected chi connectivity index (χ0v) is 13.8. The number of carbonyl (C=O) groups is 1. The van der Waals surface area contributed by atoms with Crippen LogP contribution in [0.15, 0.2) is 24.3 Å². The molecule has 2 N–H and O–H groups in total. The Labute approximate surface area is 145 Å². The fraction of sp³-hybridized carbons (Fsp3) is 0.526. The second-order valence-corrected chi connectivity index (χ2v) is 6.80. The van der Waals surface area contributed by atoms with Gasteiger partial charge in [0.05, 0.1) is 11.7 Å². The Kier molecular flexibility index (Phi) is 5.33. The number of nitrogens with one attached hydrogen (secondary N) is 2. The molecule has 1 aromatic carbocycles. The second kappa shape index (κ2) is 7.49. The molecule has 25 heavy (non-hydrogen) atoms. The highest BCUT2D eigenvalue weighted by Gasteiger charge is 2.32. The minimum absolute atomic E-state index is 0.0752. The molecular weight excluding hydrogens is 329 g/mol. The lowest BCUT2D eigenvalue weighted by Gasteiger charge is -2.39. The minimum Gasteiger partial charge on any atom is -0.330 e. The van der Waals surface area contributed by atoms with Crippen molar-refractivity contribution in [2.24, 2.45) is 11.8 Å². The number of halogens is 3. The number of fused-ring (bicyclic) bond motifs is 1. The standard InChI is InChI=1S/C19H21F3N2O/c20-19(21,22)16-8-5-13(6-9-16)7-10-18(25)24-17-11-14-3-1-2-4-15(14)12-23-17/h5-6,8-9,14-15,17,23H,1-4,11-12H2,(H,24,25). The lowest BCUT2D eigenvalue weighted by atomic mass is 9.75. The Morgan fingerprint density at radius 2 is 1.80 bits per heavy atom. The van der Waals surface area contributed by atoms with E-state index in [2.05, 4.69) is 22.5 Å². The summed E-state index contributed by atoms with van der Waals surface area (Å²) in [6.45, 7) is 0.919. The smallest absolute Gasteiger partial charge is 0.330 e. The van der Waals surface area contributed by atoms with Crippen LogP contribution in [0.25, 0.3) is 0 Å². The van der Waals surface area contributed by atoms with Crippen LogP contribution in [0.1, 0.15) is 43.2 Å². The molecule has 1 aliphatic carbocycles. The molecule has 3 rings (SSSR count). The Balaban J connectivity index is 1.54. The van der Waals surface area contributed by atoms with Gasteiger partial charge in [0.25, 0.3) is 5.91 Å². The van der Waals surface area contributed by atoms with Gasteiger partial charge >= 0.3 is 6.18 Å². The van der Waals surface area contributed by atoms with Crippen LogP contribution in [0.3, 0.4) is 0 Å². The average molecular weight is 350 g/mol. The molecule has 3 unspecified atom stereocenters. The second-order valence-electron chi connectivity index (χ2n) is 6.80. The molecule has 1 aliphatic heterocycles. The number of rotatable bonds is 1. The first-order valence-electron chi connectivity index (χ1n) is 8.65. The molecule has 1 heterocycles. The fourth-order valence-corrected chi connectivity index (χ4v) is 3.72. The zero-order valence-electron chi connectivity index (χ0n) is 13.8. The molecule has 0 radical (unpaired) electrons. The highest BCUT2D eigenvalue weighted by molar-refractivity contribution is 5.94. The highest BCUT2D eigenvalue weighted by Crippen LogP contribution is 2.34. The molecule has 134 valence electrons. The fourth-order valence-electron chi connectivity index (χ4n) is 3.72. The first-order chi connectivity index (χ1) is 11.9. The van der Waals surface area contributed by atoms with Crippen molar-refractivity contribution >= 4 is 5.91 Å². The monoisotopic (exact) mass is 350 g/mol. The van der Waals surface area contributed by atoms with Crippen LogP contribution in [-0.2, 0) is 11.0 Å². The predicted molar refractivity (Wildman–Crippen MR) is 88.3 cm³/mol. The Morgan fingerprint density at radius 1 is 1.12 bits per heavy atom. The SMILES string of the molecule is O=C(C#Cc1ccc(C(F)(F)F)cc1)NC1CC2CCCCC2CN1. The van der Waals surface area contributed by atoms with Gasteiger partial charge in [-0.2, -0.15) is 13.2 Å². The largest absolute Gasteiger partial charge is 0.416 e. The van der Waals surface area contributed by atoms with E-state index in [9.17, 15) is 18.0 Å². The Bertz CT molecular complexity index is 673. The molecule has 2 aliphatic rings. The first kappa shape index (κ1) is 17.8. The summed E-state index contributed by atoms with van der Waals surface area (Å²) in [4.78, 5) is 12.0. The van der Waals surface area contributed by atoms with E-state index in [0.717, 1.165) is 25.1 Å². The molecule has 1 amide bonds. The number of carbonyl (C=O) groups excluding carboxylic acids is 1. The molecule has 6 heteroatoms. The van der Waals surface area contributed by atoms with Crippen molar-refractivity contribution in [1.82, 2.24) is 10.6 Å². The first-order valence-corrected chi connectivity index (χ1v) is 8.65. The van der Waals surface area contributed by atoms with Gasteiger partial charge in [-0.3, -0.25) is 10.1 Å². The van der Waals surface area contributed by atoms with Gasteiger partial charge in [0.1, 0.15) is 0 Å². The van der Waals surface area contributed by atoms with E-state index in [1.165, 1.54) is 37.8 Å². The number of hydrogen-bond acceptors (Lipinski definition) is 2. The molecule has 1 aromatic rings. The minimum atomic E-state index is -4.37. The van der Waals surface area contributed by atoms with Gasteiger partial charge < -0.3 is 5.32 Å². The number of alkyl halides is 3. The third-order valence-corrected chi connectivity index (χ3v) is 5.07. The summed E-state index contributed by atoms with van der Waals surface area (Å²) in [7, 11) is 0. The number of piperidine rings is 1. The normalized spacial score (nSPS) is 26.1. The van der Waals surface area contributed by atoms with E-state index in [0.29, 0.717) is 17.4 Å². The van der Waals surface area contributed by atoms with E-state index < -0.39 is 17.6 Å². The third-order valence-electron chi connectivity index (χ3n) is 5.07. The molecule has 0 spiro atoms. The summed E-state index contributed by atoms with van der Waals surface area (Å²) in [5, 5.41) is 6.20. The lowest BCUT2D eigenvalue weighted by molar-refractivity contribution is -0.137. The van der Waals surface area contributed by atoms with Gasteiger partial charge in [-0.05, 0) is 48.9 Å². The Hall–Kier alpha value is -2.00. The van der Waals surface area contributed by atoms with Crippen LogP contribution in [0.4, 0.5) is 13.2 Å². The van der Waals surface area contributed by atoms with Gasteiger partial charge in [-0.15, -0.1) is 0 Å². The van der Waals surface area contributed by atoms with Crippen LogP contribution in [0.5, 0.6) is 0 Å². The summed E-state index contributed by atoms with van der Waals surface area (Å²) >= 11 is 0. The molecule has 3 nitrogen and oxygen atoms in total. The summed E-state index contributed by atoms with van der Waals surface area (Å²) in [5.41, 5.74) is -0.344. The van der Waals surface area contributed by atoms with Gasteiger partial charge in [-0.25, -0.2) is 0 Å². The van der Waals surface area contributed by atoms with Crippen LogP contribution >= 0.6 is 0 Å². The van der Waals surface area contributed by atoms with Crippen molar-refractivity contribution in [2.45, 2.75) is 44.4 Å². The molecule has 0 bridgehead atoms. The van der Waals surface area contributed by atoms with Crippen molar-refractivity contribution < 1.29 is 18.0 Å². The molecule has 0 aromatic heterocycles. The summed E-state index contributed by atoms with van der Waals surface area (Å²) in [5.74, 6) is 6.02. The van der Waals surface area contributed by atoms with E-state index in [4.69, 9.17) is 0 Å². The summed E-state index contributed by atoms with van der Waals surface area (Å²) in [6.07, 6.45) is 1.50. The molecular formula is C19H21F3N2O. The van der Waals surface area contributed by atoms with E-state index >= 15 is 0 Å². The van der Waals surface area contributed by atoms with Crippen LogP contribution in [0, 0.1) is 23.7 Å². The van der Waals surface area contributed by atoms with Crippen molar-refractivity contribution in [1.29, 1.82) is 0 Å². The summed E-state index contributed by atoms with van der Waals surface area (Å²) < 4.78 is 37.5. The molecule has 1 saturated carbocycles. The molecule has 1 saturated heterocycles. The highest BCUT2D eigenvalue weighted by atomic mass is 19.4. The maximum absolute atomic E-state index is 12.5. The van der Waals surface area contributed by atoms with Crippen molar-refractivity contribution in [2.75, 3.05) is 6.54 Å². The van der Waals surface area contributed by atoms with Crippen LogP contribution in [0.2, 0.25) is 0 Å². The third kappa shape index (κ3) is 4.76. The van der Waals surface area contributed by atoms with Crippen molar-refractivity contribution in [3.05, 3.63) is 35.4 Å². The maximum Gasteiger partial charge on any atom is 0.416 e. The summed E-state index contributed by atoms with van der Waals surface area (Å²) in [6, 6.07) is 4.48. The lowest BCUT2D eigenvalue weighted by Crippen LogP contribution is -2.53. The van der Waals surface area contributed by atoms with E-state index in [-0.39, 0.29) is 6.17 Å². The zero-order chi connectivity index (χ0) is 17.9. The van der Waals surface area contributed by atoms with Gasteiger partial charge in [0, 0.05) is 18.0 Å². The van der Waals surface area contributed by atoms with Crippen molar-refractivity contribution in [3.63, 3.8) is 0 Å². The number of hydrogen-bond donors (Lipinski definition) is 2. The van der Waals surface area contributed by atoms with Gasteiger partial charge in [0.15, 0.2) is 0 Å². The van der Waals surface area contributed by atoms with E-state index in [1.807, 2.05) is 0 Å². The quantitative estimate of drug-likeness (QED) is 0.763. The van der Waals surface area contributed by atoms with Crippen LogP contribution < -0.4 is 10.6 Å². The maximum atomic E-state index is 12.5. The Morgan fingerprint density at radius 3 is 2.48 bits per heavy atom. The number of benzene rings is 1.